The van der Waals surface area contributed by atoms with Gasteiger partial charge < -0.3 is 30.6 Å². The fourth-order valence-electron chi connectivity index (χ4n) is 11.9. The van der Waals surface area contributed by atoms with E-state index in [9.17, 15) is 34.2 Å². The third-order valence-corrected chi connectivity index (χ3v) is 16.7. The molecule has 426 valence electrons. The molecule has 1 aliphatic carbocycles. The predicted molar refractivity (Wildman–Crippen MR) is 302 cm³/mol. The lowest BCUT2D eigenvalue weighted by molar-refractivity contribution is -0.136. The molecule has 1 saturated carbocycles. The van der Waals surface area contributed by atoms with Crippen LogP contribution in [0.3, 0.4) is 0 Å². The van der Waals surface area contributed by atoms with Crippen molar-refractivity contribution in [1.29, 1.82) is 0 Å². The monoisotopic (exact) mass is 1090 g/mol. The van der Waals surface area contributed by atoms with E-state index in [0.29, 0.717) is 60.7 Å². The number of imide groups is 2. The van der Waals surface area contributed by atoms with Crippen molar-refractivity contribution >= 4 is 63.1 Å². The number of aromatic nitrogens is 6. The van der Waals surface area contributed by atoms with Crippen molar-refractivity contribution in [3.63, 3.8) is 0 Å². The second-order valence-electron chi connectivity index (χ2n) is 23.9. The Balaban J connectivity index is 0.600. The van der Waals surface area contributed by atoms with Crippen LogP contribution in [0.15, 0.2) is 49.1 Å². The van der Waals surface area contributed by atoms with Crippen LogP contribution in [0.4, 0.5) is 11.5 Å². The average Bonchev–Trinajstić information content (AvgIpc) is 4.34. The molecular formula is C60H83N11O8. The van der Waals surface area contributed by atoms with Gasteiger partial charge in [-0.05, 0) is 112 Å². The number of ketones is 1. The Kier molecular flexibility index (Phi) is 18.9. The van der Waals surface area contributed by atoms with Crippen molar-refractivity contribution < 1.29 is 38.9 Å². The highest BCUT2D eigenvalue weighted by molar-refractivity contribution is 6.23. The van der Waals surface area contributed by atoms with E-state index in [-0.39, 0.29) is 35.4 Å². The van der Waals surface area contributed by atoms with Gasteiger partial charge >= 0.3 is 0 Å². The van der Waals surface area contributed by atoms with Gasteiger partial charge in [-0.15, -0.1) is 0 Å². The number of carbonyl (C=O) groups excluding carboxylic acids is 5. The summed E-state index contributed by atoms with van der Waals surface area (Å²) < 4.78 is 8.15. The lowest BCUT2D eigenvalue weighted by atomic mass is 9.76. The number of carbonyl (C=O) groups is 5. The number of hydrogen-bond donors (Lipinski definition) is 6. The van der Waals surface area contributed by atoms with E-state index in [1.165, 1.54) is 31.2 Å². The number of nitrogens with one attached hydrogen (secondary N) is 4. The van der Waals surface area contributed by atoms with E-state index in [2.05, 4.69) is 93.6 Å². The number of piperidine rings is 1. The molecule has 19 nitrogen and oxygen atoms in total. The number of ether oxygens (including phenoxy) is 1. The molecule has 6 heterocycles. The number of unbranched alkanes of at least 4 members (excludes halogenated alkanes) is 10. The molecule has 0 bridgehead atoms. The minimum atomic E-state index is -1.16. The summed E-state index contributed by atoms with van der Waals surface area (Å²) in [6.45, 7) is 13.0. The molecule has 79 heavy (non-hydrogen) atoms. The van der Waals surface area contributed by atoms with Crippen LogP contribution >= 0.6 is 0 Å². The maximum absolute atomic E-state index is 13.1. The van der Waals surface area contributed by atoms with E-state index >= 15 is 0 Å². The molecule has 4 aliphatic rings. The number of anilines is 2. The van der Waals surface area contributed by atoms with Gasteiger partial charge in [0.2, 0.25) is 11.8 Å². The van der Waals surface area contributed by atoms with Crippen LogP contribution in [0.5, 0.6) is 0 Å². The minimum absolute atomic E-state index is 0.0847. The van der Waals surface area contributed by atoms with Gasteiger partial charge in [0.1, 0.15) is 42.3 Å². The molecule has 9 rings (SSSR count). The SMILES string of the molecule is CC(C)N(C[C@H]1O[C@@H](n2cnc3c(NCCCCCC(=O)CCCCCCCCCCCNc4ccc5c(c4)C(=O)N(C4CCC(=O)NC4=O)C5=O)ncnc32)[C@@H](O)C1O)C1CC(CCc2nc3ccc(C(C)(C)C)cc3[nH]2)C1. The van der Waals surface area contributed by atoms with Crippen molar-refractivity contribution in [1.82, 2.24) is 44.6 Å². The van der Waals surface area contributed by atoms with Crippen molar-refractivity contribution in [2.75, 3.05) is 30.3 Å². The van der Waals surface area contributed by atoms with Crippen LogP contribution in [-0.4, -0.2) is 135 Å². The second kappa shape index (κ2) is 26.0. The van der Waals surface area contributed by atoms with Crippen molar-refractivity contribution in [3.8, 4) is 0 Å². The van der Waals surface area contributed by atoms with E-state index in [1.807, 2.05) is 0 Å². The Morgan fingerprint density at radius 3 is 2.22 bits per heavy atom. The molecule has 0 radical (unpaired) electrons. The lowest BCUT2D eigenvalue weighted by Gasteiger charge is -2.46. The lowest BCUT2D eigenvalue weighted by Crippen LogP contribution is -2.54. The van der Waals surface area contributed by atoms with Crippen LogP contribution in [0.1, 0.15) is 195 Å². The van der Waals surface area contributed by atoms with Crippen LogP contribution in [-0.2, 0) is 31.0 Å². The van der Waals surface area contributed by atoms with Gasteiger partial charge in [0, 0.05) is 63.1 Å². The summed E-state index contributed by atoms with van der Waals surface area (Å²) in [5, 5.41) is 31.6. The highest BCUT2D eigenvalue weighted by atomic mass is 16.6. The highest BCUT2D eigenvalue weighted by Crippen LogP contribution is 2.39. The third-order valence-electron chi connectivity index (χ3n) is 16.7. The van der Waals surface area contributed by atoms with Crippen LogP contribution in [0, 0.1) is 5.92 Å². The summed E-state index contributed by atoms with van der Waals surface area (Å²) in [5.41, 5.74) is 5.88. The summed E-state index contributed by atoms with van der Waals surface area (Å²) in [6, 6.07) is 11.3. The maximum Gasteiger partial charge on any atom is 0.262 e. The molecule has 2 unspecified atom stereocenters. The number of benzene rings is 2. The minimum Gasteiger partial charge on any atom is -0.387 e. The predicted octanol–water partition coefficient (Wildman–Crippen LogP) is 8.70. The number of Topliss-reactive ketones (excluding diaryl/α,β-unsaturated/α-hetero) is 1. The molecule has 2 aromatic carbocycles. The zero-order valence-corrected chi connectivity index (χ0v) is 47.0. The fourth-order valence-corrected chi connectivity index (χ4v) is 11.9. The number of hydrogen-bond acceptors (Lipinski definition) is 15. The molecule has 19 heteroatoms. The molecular weight excluding hydrogens is 1000 g/mol. The number of fused-ring (bicyclic) bond motifs is 3. The summed E-state index contributed by atoms with van der Waals surface area (Å²) in [5.74, 6) is 0.544. The number of aryl methyl sites for hydroxylation is 1. The number of aromatic amines is 1. The number of imidazole rings is 2. The zero-order chi connectivity index (χ0) is 55.8. The van der Waals surface area contributed by atoms with E-state index in [4.69, 9.17) is 9.72 Å². The summed E-state index contributed by atoms with van der Waals surface area (Å²) in [7, 11) is 0. The molecule has 3 fully saturated rings. The smallest absolute Gasteiger partial charge is 0.262 e. The zero-order valence-electron chi connectivity index (χ0n) is 47.0. The summed E-state index contributed by atoms with van der Waals surface area (Å²) >= 11 is 0. The normalized spacial score (nSPS) is 22.4. The first-order valence-corrected chi connectivity index (χ1v) is 29.3. The average molecular weight is 1090 g/mol. The van der Waals surface area contributed by atoms with Gasteiger partial charge in [-0.3, -0.25) is 43.7 Å². The molecule has 5 aromatic rings. The topological polar surface area (TPSA) is 250 Å². The van der Waals surface area contributed by atoms with E-state index < -0.39 is 54.2 Å². The van der Waals surface area contributed by atoms with E-state index in [1.54, 1.807) is 29.1 Å². The van der Waals surface area contributed by atoms with Gasteiger partial charge in [0.15, 0.2) is 23.2 Å². The molecule has 4 amide bonds. The second-order valence-corrected chi connectivity index (χ2v) is 23.9. The van der Waals surface area contributed by atoms with Gasteiger partial charge in [-0.2, -0.15) is 0 Å². The molecule has 3 aliphatic heterocycles. The number of aliphatic hydroxyl groups is 2. The molecule has 0 spiro atoms. The van der Waals surface area contributed by atoms with Crippen LogP contribution in [0.2, 0.25) is 0 Å². The number of amides is 4. The maximum atomic E-state index is 13.1. The Labute approximate surface area is 463 Å². The molecule has 5 atom stereocenters. The first kappa shape index (κ1) is 57.5. The Bertz CT molecular complexity index is 2940. The Hall–Kier alpha value is -6.15. The van der Waals surface area contributed by atoms with Crippen molar-refractivity contribution in [2.24, 2.45) is 5.92 Å². The quantitative estimate of drug-likeness (QED) is 0.0194. The van der Waals surface area contributed by atoms with Gasteiger partial charge in [0.25, 0.3) is 11.8 Å². The standard InChI is InChI=1S/C60H83N11O8/c1-37(2)69(41-30-38(31-41)20-26-49-66-45-24-21-39(60(3,4)5)32-46(45)67-49)34-48-52(74)53(75)59(79-48)70-36-65-51-54(63-35-64-55(51)70)62-29-17-13-15-19-42(72)18-14-11-9-7-6-8-10-12-16-28-61-40-22-23-43-44(33-40)58(78)71(57(43)77)47-25-27-50(73)68-56(47)76/h21-24,32-33,35-38,41,47-48,52-53,59,61,74-75H,6-20,25-31,34H2,1-5H3,(H,66,67)(H,62,63,64)(H,68,73,76)/t38?,41?,47?,48-,52?,53+,59-/m1/s1. The van der Waals surface area contributed by atoms with Crippen LogP contribution < -0.4 is 16.0 Å². The van der Waals surface area contributed by atoms with Gasteiger partial charge in [-0.1, -0.05) is 78.2 Å². The van der Waals surface area contributed by atoms with Gasteiger partial charge in [-0.25, -0.2) is 19.9 Å². The largest absolute Gasteiger partial charge is 0.387 e. The molecule has 6 N–H and O–H groups in total. The molecule has 3 aromatic heterocycles. The fraction of sp³-hybridized carbons (Fsp3) is 0.617. The first-order chi connectivity index (χ1) is 38.0. The summed E-state index contributed by atoms with van der Waals surface area (Å²) in [6.07, 6.45) is 17.5. The van der Waals surface area contributed by atoms with Crippen molar-refractivity contribution in [2.45, 2.75) is 211 Å². The summed E-state index contributed by atoms with van der Waals surface area (Å²) in [4.78, 5) is 88.0. The van der Waals surface area contributed by atoms with E-state index in [0.717, 1.165) is 117 Å². The van der Waals surface area contributed by atoms with Gasteiger partial charge in [0.05, 0.1) is 28.5 Å². The van der Waals surface area contributed by atoms with Crippen LogP contribution in [0.25, 0.3) is 22.2 Å². The van der Waals surface area contributed by atoms with Crippen molar-refractivity contribution in [3.05, 3.63) is 71.6 Å². The number of nitrogens with zero attached hydrogens (tertiary/aromatic N) is 7. The molecule has 2 saturated heterocycles. The number of rotatable bonds is 29. The highest BCUT2D eigenvalue weighted by Gasteiger charge is 2.47. The first-order valence-electron chi connectivity index (χ1n) is 29.3. The third kappa shape index (κ3) is 13.9. The number of aliphatic hydroxyl groups excluding tert-OH is 2. The Morgan fingerprint density at radius 2 is 1.51 bits per heavy atom. The number of H-pyrrole nitrogens is 1. The Morgan fingerprint density at radius 1 is 0.823 bits per heavy atom.